The average Bonchev–Trinajstić information content (AvgIpc) is 2.86. The molecule has 3 rings (SSSR count). The molecule has 204 valence electrons. The third-order valence-electron chi connectivity index (χ3n) is 7.54. The first-order chi connectivity index (χ1) is 18.0. The summed E-state index contributed by atoms with van der Waals surface area (Å²) in [7, 11) is 0. The van der Waals surface area contributed by atoms with E-state index in [9.17, 15) is 9.90 Å². The van der Waals surface area contributed by atoms with Crippen molar-refractivity contribution in [2.45, 2.75) is 105 Å². The fourth-order valence-corrected chi connectivity index (χ4v) is 6.01. The van der Waals surface area contributed by atoms with Gasteiger partial charge in [0.2, 0.25) is 0 Å². The van der Waals surface area contributed by atoms with E-state index < -0.39 is 5.60 Å². The molecule has 1 aliphatic heterocycles. The molecule has 1 heterocycles. The molecule has 0 bridgehead atoms. The topological polar surface area (TPSA) is 50.2 Å². The number of allylic oxidation sites excluding steroid dienone is 6. The number of aromatic nitrogens is 1. The van der Waals surface area contributed by atoms with Crippen molar-refractivity contribution in [3.05, 3.63) is 86.1 Å². The molecule has 0 amide bonds. The van der Waals surface area contributed by atoms with Gasteiger partial charge in [-0.25, -0.2) is 4.98 Å². The molecule has 1 N–H and O–H groups in total. The lowest BCUT2D eigenvalue weighted by molar-refractivity contribution is 0.0432. The second kappa shape index (κ2) is 13.5. The van der Waals surface area contributed by atoms with Crippen LogP contribution in [0.3, 0.4) is 0 Å². The van der Waals surface area contributed by atoms with E-state index in [-0.39, 0.29) is 5.43 Å². The molecule has 0 saturated heterocycles. The molecule has 4 heteroatoms. The number of benzene rings is 2. The maximum atomic E-state index is 13.3. The van der Waals surface area contributed by atoms with Gasteiger partial charge in [-0.05, 0) is 118 Å². The molecule has 0 radical (unpaired) electrons. The molecule has 0 saturated carbocycles. The Balaban J connectivity index is 1.61. The molecule has 0 unspecified atom stereocenters. The smallest absolute Gasteiger partial charge is 0.186 e. The fourth-order valence-electron chi connectivity index (χ4n) is 4.82. The molecular weight excluding hydrogens is 486 g/mol. The second-order valence-electron chi connectivity index (χ2n) is 11.4. The molecule has 38 heavy (non-hydrogen) atoms. The van der Waals surface area contributed by atoms with E-state index in [0.29, 0.717) is 19.3 Å². The normalized spacial score (nSPS) is 14.2. The molecule has 2 aliphatic rings. The van der Waals surface area contributed by atoms with E-state index in [1.165, 1.54) is 16.7 Å². The van der Waals surface area contributed by atoms with Crippen LogP contribution in [0.5, 0.6) is 0 Å². The highest BCUT2D eigenvalue weighted by atomic mass is 32.1. The quantitative estimate of drug-likeness (QED) is 0.187. The lowest BCUT2D eigenvalue weighted by atomic mass is 9.89. The summed E-state index contributed by atoms with van der Waals surface area (Å²) in [5.74, 6) is 0. The Bertz CT molecular complexity index is 1370. The zero-order chi connectivity index (χ0) is 27.9. The van der Waals surface area contributed by atoms with E-state index in [2.05, 4.69) is 52.0 Å². The Hall–Kier alpha value is -2.56. The number of rotatable bonds is 12. The summed E-state index contributed by atoms with van der Waals surface area (Å²) in [5, 5.41) is 11.2. The minimum Gasteiger partial charge on any atom is -0.390 e. The Labute approximate surface area is 233 Å². The van der Waals surface area contributed by atoms with Crippen molar-refractivity contribution in [3.63, 3.8) is 0 Å². The third kappa shape index (κ3) is 8.22. The second-order valence-corrected chi connectivity index (χ2v) is 12.5. The summed E-state index contributed by atoms with van der Waals surface area (Å²) in [6, 6.07) is 8.09. The maximum absolute atomic E-state index is 13.3. The van der Waals surface area contributed by atoms with Crippen LogP contribution in [0.1, 0.15) is 96.3 Å². The standard InChI is InChI=1S/C34H45NO2S/c1-23(2)13-10-14-24(3)15-11-16-25(4)17-12-21-34(7,37)22-20-28-32(36)27(6)26(5)31-33(28)38-30-19-9-8-18-29(30)35-31/h8-9,13,15,17-19,37H,10-12,14,16,20-22H2,1-7H3/b24-15+,25-17+/t34-/m1/s1. The maximum Gasteiger partial charge on any atom is 0.186 e. The van der Waals surface area contributed by atoms with Crippen molar-refractivity contribution in [1.82, 2.24) is 4.98 Å². The van der Waals surface area contributed by atoms with Gasteiger partial charge in [-0.1, -0.05) is 47.1 Å². The van der Waals surface area contributed by atoms with Crippen LogP contribution in [-0.2, 0) is 6.42 Å². The van der Waals surface area contributed by atoms with Gasteiger partial charge >= 0.3 is 0 Å². The van der Waals surface area contributed by atoms with Crippen molar-refractivity contribution in [3.8, 4) is 10.6 Å². The predicted molar refractivity (Wildman–Crippen MR) is 166 cm³/mol. The SMILES string of the molecule is CC(C)=CCC/C(C)=C/CC/C(C)=C/CC[C@@](C)(O)CCc1c2sc3ccccc3nc-2c(C)c(C)c1=O. The van der Waals surface area contributed by atoms with Crippen LogP contribution < -0.4 is 5.43 Å². The number of hydrogen-bond acceptors (Lipinski definition) is 4. The molecule has 0 spiro atoms. The van der Waals surface area contributed by atoms with Crippen LogP contribution in [0.15, 0.2) is 64.0 Å². The first-order valence-corrected chi connectivity index (χ1v) is 14.8. The molecule has 1 atom stereocenters. The molecule has 0 aromatic heterocycles. The summed E-state index contributed by atoms with van der Waals surface area (Å²) in [6.07, 6.45) is 13.9. The Morgan fingerprint density at radius 2 is 1.55 bits per heavy atom. The predicted octanol–water partition coefficient (Wildman–Crippen LogP) is 9.26. The van der Waals surface area contributed by atoms with Crippen molar-refractivity contribution < 1.29 is 5.11 Å². The van der Waals surface area contributed by atoms with Gasteiger partial charge in [-0.15, -0.1) is 11.3 Å². The van der Waals surface area contributed by atoms with Gasteiger partial charge in [-0.2, -0.15) is 0 Å². The van der Waals surface area contributed by atoms with Crippen LogP contribution in [0, 0.1) is 13.8 Å². The van der Waals surface area contributed by atoms with Gasteiger partial charge in [0.05, 0.1) is 26.4 Å². The number of fused-ring (bicyclic) bond motifs is 2. The fraction of sp³-hybridized carbons (Fsp3) is 0.471. The minimum absolute atomic E-state index is 0.0964. The molecule has 1 aromatic rings. The summed E-state index contributed by atoms with van der Waals surface area (Å²) in [4.78, 5) is 19.1. The van der Waals surface area contributed by atoms with E-state index in [1.807, 2.05) is 39.0 Å². The average molecular weight is 532 g/mol. The Morgan fingerprint density at radius 1 is 0.921 bits per heavy atom. The highest BCUT2D eigenvalue weighted by molar-refractivity contribution is 7.21. The summed E-state index contributed by atoms with van der Waals surface area (Å²) in [5.41, 5.74) is 7.88. The Morgan fingerprint density at radius 3 is 2.24 bits per heavy atom. The molecule has 0 fully saturated rings. The van der Waals surface area contributed by atoms with Crippen LogP contribution in [-0.4, -0.2) is 15.7 Å². The van der Waals surface area contributed by atoms with Crippen LogP contribution in [0.4, 0.5) is 0 Å². The van der Waals surface area contributed by atoms with E-state index in [4.69, 9.17) is 4.98 Å². The summed E-state index contributed by atoms with van der Waals surface area (Å²) < 4.78 is 1.08. The zero-order valence-electron chi connectivity index (χ0n) is 24.4. The van der Waals surface area contributed by atoms with E-state index >= 15 is 0 Å². The monoisotopic (exact) mass is 531 g/mol. The highest BCUT2D eigenvalue weighted by Gasteiger charge is 2.25. The van der Waals surface area contributed by atoms with E-state index in [0.717, 1.165) is 69.6 Å². The van der Waals surface area contributed by atoms with Gasteiger partial charge < -0.3 is 5.11 Å². The van der Waals surface area contributed by atoms with E-state index in [1.54, 1.807) is 11.3 Å². The first-order valence-electron chi connectivity index (χ1n) is 14.0. The number of hydrogen-bond donors (Lipinski definition) is 1. The zero-order valence-corrected chi connectivity index (χ0v) is 25.2. The van der Waals surface area contributed by atoms with Gasteiger partial charge in [0.15, 0.2) is 5.43 Å². The van der Waals surface area contributed by atoms with Gasteiger partial charge in [0.1, 0.15) is 0 Å². The van der Waals surface area contributed by atoms with Gasteiger partial charge in [0, 0.05) is 11.1 Å². The third-order valence-corrected chi connectivity index (χ3v) is 8.75. The lowest BCUT2D eigenvalue weighted by Gasteiger charge is -2.24. The first kappa shape index (κ1) is 30.0. The molecular formula is C34H45NO2S. The van der Waals surface area contributed by atoms with Crippen LogP contribution in [0.2, 0.25) is 0 Å². The number of para-hydroxylation sites is 1. The number of nitrogens with zero attached hydrogens (tertiary/aromatic N) is 1. The number of aliphatic hydroxyl groups is 1. The summed E-state index contributed by atoms with van der Waals surface area (Å²) in [6.45, 7) is 14.5. The molecule has 1 aromatic carbocycles. The van der Waals surface area contributed by atoms with Crippen LogP contribution in [0.25, 0.3) is 20.8 Å². The van der Waals surface area contributed by atoms with Crippen molar-refractivity contribution in [2.75, 3.05) is 0 Å². The van der Waals surface area contributed by atoms with Gasteiger partial charge in [-0.3, -0.25) is 4.79 Å². The van der Waals surface area contributed by atoms with Crippen molar-refractivity contribution in [1.29, 1.82) is 0 Å². The van der Waals surface area contributed by atoms with Crippen LogP contribution >= 0.6 is 11.3 Å². The van der Waals surface area contributed by atoms with Crippen molar-refractivity contribution in [2.24, 2.45) is 0 Å². The lowest BCUT2D eigenvalue weighted by Crippen LogP contribution is -2.26. The Kier molecular flexibility index (Phi) is 10.6. The molecule has 3 nitrogen and oxygen atoms in total. The highest BCUT2D eigenvalue weighted by Crippen LogP contribution is 2.36. The molecule has 1 aliphatic carbocycles. The summed E-state index contributed by atoms with van der Waals surface area (Å²) >= 11 is 1.64. The largest absolute Gasteiger partial charge is 0.390 e. The minimum atomic E-state index is -0.829. The van der Waals surface area contributed by atoms with Gasteiger partial charge in [0.25, 0.3) is 0 Å². The van der Waals surface area contributed by atoms with Crippen molar-refractivity contribution >= 4 is 21.6 Å².